The van der Waals surface area contributed by atoms with Crippen LogP contribution in [0.5, 0.6) is 11.5 Å². The molecular weight excluding hydrogens is 232 g/mol. The molecule has 1 aromatic heterocycles. The Bertz CT molecular complexity index is 787. The Morgan fingerprint density at radius 3 is 2.72 bits per heavy atom. The second kappa shape index (κ2) is 3.22. The molecule has 5 heteroatoms. The average Bonchev–Trinajstić information content (AvgIpc) is 2.71. The van der Waals surface area contributed by atoms with Crippen LogP contribution in [0.3, 0.4) is 0 Å². The molecule has 2 aromatic rings. The molecular formula is C13H8N2O3. The normalized spacial score (nSPS) is 15.7. The number of nitrogens with one attached hydrogen (secondary N) is 1. The first-order valence-electron chi connectivity index (χ1n) is 5.54. The van der Waals surface area contributed by atoms with Crippen molar-refractivity contribution in [3.05, 3.63) is 46.5 Å². The smallest absolute Gasteiger partial charge is 0.259 e. The van der Waals surface area contributed by atoms with E-state index < -0.39 is 0 Å². The van der Waals surface area contributed by atoms with Gasteiger partial charge in [-0.2, -0.15) is 0 Å². The van der Waals surface area contributed by atoms with Gasteiger partial charge in [0.1, 0.15) is 5.82 Å². The fourth-order valence-electron chi connectivity index (χ4n) is 2.02. The van der Waals surface area contributed by atoms with Crippen molar-refractivity contribution in [3.63, 3.8) is 0 Å². The van der Waals surface area contributed by atoms with Crippen molar-refractivity contribution in [3.8, 4) is 11.5 Å². The van der Waals surface area contributed by atoms with Crippen molar-refractivity contribution >= 4 is 16.5 Å². The summed E-state index contributed by atoms with van der Waals surface area (Å²) in [5.74, 6) is 1.80. The summed E-state index contributed by atoms with van der Waals surface area (Å²) in [5.41, 5.74) is 1.36. The molecule has 0 spiro atoms. The molecule has 18 heavy (non-hydrogen) atoms. The van der Waals surface area contributed by atoms with E-state index in [1.165, 1.54) is 0 Å². The van der Waals surface area contributed by atoms with Gasteiger partial charge in [0.25, 0.3) is 5.56 Å². The summed E-state index contributed by atoms with van der Waals surface area (Å²) >= 11 is 0. The summed E-state index contributed by atoms with van der Waals surface area (Å²) in [6, 6.07) is 3.40. The number of rotatable bonds is 1. The fraction of sp³-hybridized carbons (Fsp3) is 0.0769. The number of hydrogen-bond acceptors (Lipinski definition) is 4. The molecule has 2 heterocycles. The molecule has 1 aliphatic carbocycles. The molecule has 0 amide bonds. The number of benzene rings is 1. The summed E-state index contributed by atoms with van der Waals surface area (Å²) in [7, 11) is 0. The molecule has 1 aliphatic heterocycles. The van der Waals surface area contributed by atoms with Crippen LogP contribution in [0, 0.1) is 0 Å². The van der Waals surface area contributed by atoms with Gasteiger partial charge in [-0.05, 0) is 6.07 Å². The first kappa shape index (κ1) is 9.47. The third-order valence-corrected chi connectivity index (χ3v) is 3.02. The molecule has 2 aliphatic rings. The second-order valence-corrected chi connectivity index (χ2v) is 4.12. The van der Waals surface area contributed by atoms with E-state index in [1.807, 2.05) is 18.2 Å². The van der Waals surface area contributed by atoms with E-state index in [0.29, 0.717) is 28.2 Å². The van der Waals surface area contributed by atoms with Crippen LogP contribution in [-0.4, -0.2) is 16.8 Å². The van der Waals surface area contributed by atoms with Gasteiger partial charge in [-0.15, -0.1) is 0 Å². The van der Waals surface area contributed by atoms with Crippen LogP contribution in [0.25, 0.3) is 16.5 Å². The minimum absolute atomic E-state index is 0.172. The zero-order valence-corrected chi connectivity index (χ0v) is 9.27. The van der Waals surface area contributed by atoms with Crippen LogP contribution < -0.4 is 15.0 Å². The Morgan fingerprint density at radius 1 is 1.22 bits per heavy atom. The molecule has 0 saturated heterocycles. The average molecular weight is 240 g/mol. The molecule has 0 atom stereocenters. The molecule has 1 N–H and O–H groups in total. The fourth-order valence-corrected chi connectivity index (χ4v) is 2.02. The quantitative estimate of drug-likeness (QED) is 0.822. The Morgan fingerprint density at radius 2 is 2.00 bits per heavy atom. The number of aromatic nitrogens is 2. The van der Waals surface area contributed by atoms with Gasteiger partial charge in [-0.25, -0.2) is 4.98 Å². The minimum atomic E-state index is -0.172. The van der Waals surface area contributed by atoms with Gasteiger partial charge in [0, 0.05) is 11.6 Å². The van der Waals surface area contributed by atoms with E-state index in [1.54, 1.807) is 12.1 Å². The Kier molecular flexibility index (Phi) is 1.70. The highest BCUT2D eigenvalue weighted by Gasteiger charge is 2.17. The largest absolute Gasteiger partial charge is 0.454 e. The number of aromatic amines is 1. The van der Waals surface area contributed by atoms with E-state index in [0.717, 1.165) is 5.57 Å². The topological polar surface area (TPSA) is 64.2 Å². The lowest BCUT2D eigenvalue weighted by atomic mass is 10.1. The molecule has 1 aromatic carbocycles. The van der Waals surface area contributed by atoms with Gasteiger partial charge in [0.2, 0.25) is 6.79 Å². The Balaban J connectivity index is 2.01. The van der Waals surface area contributed by atoms with Crippen molar-refractivity contribution in [2.24, 2.45) is 0 Å². The molecule has 0 unspecified atom stereocenters. The molecule has 0 fully saturated rings. The maximum absolute atomic E-state index is 12.0. The number of fused-ring (bicyclic) bond motifs is 2. The maximum atomic E-state index is 12.0. The third kappa shape index (κ3) is 1.21. The van der Waals surface area contributed by atoms with Crippen LogP contribution in [0.4, 0.5) is 0 Å². The molecule has 0 saturated carbocycles. The third-order valence-electron chi connectivity index (χ3n) is 3.02. The molecule has 4 rings (SSSR count). The number of ether oxygens (including phenoxy) is 2. The summed E-state index contributed by atoms with van der Waals surface area (Å²) < 4.78 is 10.5. The van der Waals surface area contributed by atoms with Crippen LogP contribution in [0.1, 0.15) is 5.82 Å². The number of allylic oxidation sites excluding steroid dienone is 4. The monoisotopic (exact) mass is 240 g/mol. The highest BCUT2D eigenvalue weighted by Crippen LogP contribution is 2.34. The van der Waals surface area contributed by atoms with Gasteiger partial charge in [0.15, 0.2) is 11.5 Å². The molecule has 5 nitrogen and oxygen atoms in total. The predicted molar refractivity (Wildman–Crippen MR) is 65.6 cm³/mol. The number of hydrogen-bond donors (Lipinski definition) is 1. The first-order valence-corrected chi connectivity index (χ1v) is 5.54. The summed E-state index contributed by atoms with van der Waals surface area (Å²) in [6.45, 7) is 0.185. The summed E-state index contributed by atoms with van der Waals surface area (Å²) in [5, 5.41) is 0.506. The Labute approximate surface area is 101 Å². The lowest BCUT2D eigenvalue weighted by Gasteiger charge is -2.07. The minimum Gasteiger partial charge on any atom is -0.454 e. The zero-order valence-electron chi connectivity index (χ0n) is 9.27. The van der Waals surface area contributed by atoms with Crippen LogP contribution in [-0.2, 0) is 0 Å². The maximum Gasteiger partial charge on any atom is 0.259 e. The zero-order chi connectivity index (χ0) is 12.1. The van der Waals surface area contributed by atoms with Crippen molar-refractivity contribution in [2.45, 2.75) is 0 Å². The van der Waals surface area contributed by atoms with Crippen molar-refractivity contribution < 1.29 is 9.47 Å². The van der Waals surface area contributed by atoms with E-state index in [-0.39, 0.29) is 12.4 Å². The predicted octanol–water partition coefficient (Wildman–Crippen LogP) is 1.60. The van der Waals surface area contributed by atoms with Gasteiger partial charge < -0.3 is 14.5 Å². The molecule has 0 bridgehead atoms. The summed E-state index contributed by atoms with van der Waals surface area (Å²) in [6.07, 6.45) is 5.70. The van der Waals surface area contributed by atoms with E-state index in [4.69, 9.17) is 9.47 Å². The van der Waals surface area contributed by atoms with E-state index >= 15 is 0 Å². The SMILES string of the molecule is O=c1[nH]c(C2=CC=C2)nc2cc3c(cc12)OCO3. The van der Waals surface area contributed by atoms with E-state index in [9.17, 15) is 4.79 Å². The highest BCUT2D eigenvalue weighted by molar-refractivity contribution is 5.85. The number of H-pyrrole nitrogens is 1. The second-order valence-electron chi connectivity index (χ2n) is 4.12. The lowest BCUT2D eigenvalue weighted by molar-refractivity contribution is 0.174. The Hall–Kier alpha value is -2.56. The molecule has 0 radical (unpaired) electrons. The van der Waals surface area contributed by atoms with Gasteiger partial charge in [0.05, 0.1) is 10.9 Å². The lowest BCUT2D eigenvalue weighted by Crippen LogP contribution is -2.11. The van der Waals surface area contributed by atoms with Crippen LogP contribution in [0.2, 0.25) is 0 Å². The van der Waals surface area contributed by atoms with E-state index in [2.05, 4.69) is 9.97 Å². The van der Waals surface area contributed by atoms with Crippen molar-refractivity contribution in [1.29, 1.82) is 0 Å². The van der Waals surface area contributed by atoms with Crippen LogP contribution in [0.15, 0.2) is 35.2 Å². The molecule has 88 valence electrons. The standard InChI is InChI=1S/C13H8N2O3/c16-13-8-4-10-11(18-6-17-10)5-9(8)14-12(15-13)7-2-1-3-7/h1-5H,6H2,(H,14,15,16). The van der Waals surface area contributed by atoms with Crippen molar-refractivity contribution in [1.82, 2.24) is 9.97 Å². The highest BCUT2D eigenvalue weighted by atomic mass is 16.7. The first-order chi connectivity index (χ1) is 8.81. The van der Waals surface area contributed by atoms with Crippen molar-refractivity contribution in [2.75, 3.05) is 6.79 Å². The number of nitrogens with zero attached hydrogens (tertiary/aromatic N) is 1. The van der Waals surface area contributed by atoms with Gasteiger partial charge in [-0.1, -0.05) is 18.2 Å². The summed E-state index contributed by atoms with van der Waals surface area (Å²) in [4.78, 5) is 19.2. The van der Waals surface area contributed by atoms with Gasteiger partial charge >= 0.3 is 0 Å². The van der Waals surface area contributed by atoms with Crippen LogP contribution >= 0.6 is 0 Å². The van der Waals surface area contributed by atoms with Gasteiger partial charge in [-0.3, -0.25) is 4.79 Å².